The lowest BCUT2D eigenvalue weighted by Crippen LogP contribution is -2.39. The fourth-order valence-corrected chi connectivity index (χ4v) is 7.58. The van der Waals surface area contributed by atoms with Crippen LogP contribution in [0.2, 0.25) is 0 Å². The van der Waals surface area contributed by atoms with E-state index < -0.39 is 5.97 Å². The summed E-state index contributed by atoms with van der Waals surface area (Å²) in [4.78, 5) is 29.1. The van der Waals surface area contributed by atoms with Crippen LogP contribution in [0.1, 0.15) is 78.1 Å². The van der Waals surface area contributed by atoms with Crippen LogP contribution in [-0.2, 0) is 27.0 Å². The van der Waals surface area contributed by atoms with Crippen LogP contribution in [0, 0.1) is 0 Å². The molecule has 0 unspecified atom stereocenters. The summed E-state index contributed by atoms with van der Waals surface area (Å²) in [6, 6.07) is 16.6. The topological polar surface area (TPSA) is 112 Å². The highest BCUT2D eigenvalue weighted by molar-refractivity contribution is 7.94. The van der Waals surface area contributed by atoms with Crippen LogP contribution < -0.4 is 24.8 Å². The number of hydrogen-bond donors (Lipinski definition) is 2. The van der Waals surface area contributed by atoms with Crippen LogP contribution in [0.5, 0.6) is 11.5 Å². The molecule has 0 aromatic heterocycles. The average molecular weight is 675 g/mol. The number of ether oxygens (including phenoxy) is 1. The summed E-state index contributed by atoms with van der Waals surface area (Å²) >= 11 is 1.05. The number of aryl methyl sites for hydroxylation is 2. The van der Waals surface area contributed by atoms with Gasteiger partial charge in [-0.25, -0.2) is 9.83 Å². The molecular formula is C37H44N3O7S+. The number of benzene rings is 3. The van der Waals surface area contributed by atoms with Crippen molar-refractivity contribution >= 4 is 35.2 Å². The molecule has 0 spiro atoms. The lowest BCUT2D eigenvalue weighted by molar-refractivity contribution is -0.432. The number of nitrogens with zero attached hydrogens (tertiary/aromatic N) is 3. The average Bonchev–Trinajstić information content (AvgIpc) is 3.09. The van der Waals surface area contributed by atoms with E-state index in [1.807, 2.05) is 24.3 Å². The fourth-order valence-electron chi connectivity index (χ4n) is 7.17. The van der Waals surface area contributed by atoms with Crippen molar-refractivity contribution in [2.24, 2.45) is 0 Å². The molecular weight excluding hydrogens is 630 g/mol. The van der Waals surface area contributed by atoms with Crippen molar-refractivity contribution in [2.45, 2.75) is 58.3 Å². The first-order chi connectivity index (χ1) is 23.4. The molecule has 0 saturated heterocycles. The lowest BCUT2D eigenvalue weighted by atomic mass is 9.86. The third-order valence-electron chi connectivity index (χ3n) is 9.51. The van der Waals surface area contributed by atoms with Gasteiger partial charge in [0.25, 0.3) is 5.91 Å². The first-order valence-corrected chi connectivity index (χ1v) is 17.9. The number of carbonyl (C=O) groups is 2. The van der Waals surface area contributed by atoms with E-state index in [2.05, 4.69) is 50.0 Å². The molecule has 0 fully saturated rings. The number of anilines is 1. The van der Waals surface area contributed by atoms with Gasteiger partial charge in [-0.3, -0.25) is 9.59 Å². The summed E-state index contributed by atoms with van der Waals surface area (Å²) in [5.74, 6) is 1.12. The zero-order chi connectivity index (χ0) is 33.6. The third kappa shape index (κ3) is 7.24. The van der Waals surface area contributed by atoms with Crippen LogP contribution in [-0.4, -0.2) is 72.7 Å². The normalized spacial score (nSPS) is 14.9. The molecule has 3 heterocycles. The molecule has 6 rings (SSSR count). The number of hydrogen-bond acceptors (Lipinski definition) is 8. The molecule has 0 saturated carbocycles. The number of unbranched alkanes of at least 4 members (excludes halogenated alkanes) is 1. The molecule has 254 valence electrons. The van der Waals surface area contributed by atoms with Gasteiger partial charge >= 0.3 is 5.97 Å². The number of carboxylic acid groups (broad SMARTS) is 1. The number of carboxylic acids is 1. The summed E-state index contributed by atoms with van der Waals surface area (Å²) < 4.78 is 13.9. The van der Waals surface area contributed by atoms with E-state index in [4.69, 9.17) is 15.1 Å². The monoisotopic (exact) mass is 674 g/mol. The predicted octanol–water partition coefficient (Wildman–Crippen LogP) is 5.04. The van der Waals surface area contributed by atoms with Crippen molar-refractivity contribution in [3.63, 3.8) is 0 Å². The number of amides is 1. The minimum Gasteiger partial charge on any atom is -0.481 e. The summed E-state index contributed by atoms with van der Waals surface area (Å²) in [6.45, 7) is 6.20. The maximum atomic E-state index is 14.0. The minimum atomic E-state index is -0.869. The highest BCUT2D eigenvalue weighted by atomic mass is 32.2. The first-order valence-electron chi connectivity index (χ1n) is 16.9. The Bertz CT molecular complexity index is 1810. The van der Waals surface area contributed by atoms with E-state index >= 15 is 0 Å². The van der Waals surface area contributed by atoms with Crippen LogP contribution in [0.3, 0.4) is 0 Å². The summed E-state index contributed by atoms with van der Waals surface area (Å²) in [5.41, 5.74) is 6.97. The van der Waals surface area contributed by atoms with E-state index in [1.165, 1.54) is 16.5 Å². The van der Waals surface area contributed by atoms with E-state index in [0.29, 0.717) is 30.8 Å². The maximum Gasteiger partial charge on any atom is 0.303 e. The number of fused-ring (bicyclic) bond motifs is 4. The molecule has 3 aliphatic rings. The van der Waals surface area contributed by atoms with Gasteiger partial charge in [0.15, 0.2) is 0 Å². The van der Waals surface area contributed by atoms with Crippen LogP contribution in [0.4, 0.5) is 5.69 Å². The Morgan fingerprint density at radius 2 is 1.88 bits per heavy atom. The Kier molecular flexibility index (Phi) is 11.0. The van der Waals surface area contributed by atoms with Crippen molar-refractivity contribution in [1.29, 1.82) is 0 Å². The molecule has 1 amide bonds. The molecule has 0 bridgehead atoms. The molecule has 48 heavy (non-hydrogen) atoms. The second-order valence-electron chi connectivity index (χ2n) is 12.7. The maximum absolute atomic E-state index is 14.0. The van der Waals surface area contributed by atoms with Gasteiger partial charge in [0.1, 0.15) is 24.6 Å². The predicted molar refractivity (Wildman–Crippen MR) is 186 cm³/mol. The smallest absolute Gasteiger partial charge is 0.303 e. The van der Waals surface area contributed by atoms with Gasteiger partial charge in [-0.1, -0.05) is 36.6 Å². The number of carbonyl (C=O) groups excluding carboxylic acids is 1. The Balaban J connectivity index is 1.51. The minimum absolute atomic E-state index is 0.0121. The Labute approximate surface area is 285 Å². The summed E-state index contributed by atoms with van der Waals surface area (Å²) in [5, 5.41) is 23.7. The highest BCUT2D eigenvalue weighted by Crippen LogP contribution is 2.42. The van der Waals surface area contributed by atoms with Gasteiger partial charge in [0.2, 0.25) is 5.36 Å². The number of aliphatic carboxylic acids is 1. The Morgan fingerprint density at radius 3 is 2.69 bits per heavy atom. The first kappa shape index (κ1) is 34.0. The van der Waals surface area contributed by atoms with E-state index in [0.717, 1.165) is 109 Å². The molecule has 0 atom stereocenters. The Hall–Kier alpha value is -3.90. The molecule has 3 aliphatic heterocycles. The summed E-state index contributed by atoms with van der Waals surface area (Å²) in [7, 11) is 1.74. The van der Waals surface area contributed by atoms with Crippen LogP contribution in [0.25, 0.3) is 5.57 Å². The van der Waals surface area contributed by atoms with E-state index in [9.17, 15) is 9.59 Å². The Morgan fingerprint density at radius 1 is 1.04 bits per heavy atom. The van der Waals surface area contributed by atoms with Gasteiger partial charge in [-0.15, -0.1) is 4.33 Å². The van der Waals surface area contributed by atoms with Crippen molar-refractivity contribution < 1.29 is 34.1 Å². The van der Waals surface area contributed by atoms with Crippen molar-refractivity contribution in [1.82, 2.24) is 9.48 Å². The van der Waals surface area contributed by atoms with Crippen molar-refractivity contribution in [3.05, 3.63) is 86.9 Å². The lowest BCUT2D eigenvalue weighted by Gasteiger charge is -2.33. The molecule has 3 aromatic carbocycles. The molecule has 2 N–H and O–H groups in total. The largest absolute Gasteiger partial charge is 0.481 e. The molecule has 10 nitrogen and oxygen atoms in total. The third-order valence-corrected chi connectivity index (χ3v) is 10.0. The molecule has 3 aromatic rings. The molecule has 0 aliphatic carbocycles. The van der Waals surface area contributed by atoms with E-state index in [1.54, 1.807) is 11.9 Å². The van der Waals surface area contributed by atoms with Crippen molar-refractivity contribution in [3.8, 4) is 11.5 Å². The zero-order valence-electron chi connectivity index (χ0n) is 27.7. The van der Waals surface area contributed by atoms with Gasteiger partial charge in [0, 0.05) is 103 Å². The summed E-state index contributed by atoms with van der Waals surface area (Å²) in [6.07, 6.45) is 6.66. The highest BCUT2D eigenvalue weighted by Gasteiger charge is 2.30. The fraction of sp³-hybridized carbons (Fsp3) is 0.432. The van der Waals surface area contributed by atoms with Gasteiger partial charge < -0.3 is 19.6 Å². The second kappa shape index (κ2) is 15.5. The van der Waals surface area contributed by atoms with Crippen LogP contribution in [0.15, 0.2) is 48.5 Å². The van der Waals surface area contributed by atoms with Crippen LogP contribution >= 0.6 is 12.0 Å². The SMILES string of the molecule is CCCC[N+]1=c2cc3c(cc2CCC1)=C(c1ccccc1C(=O)N(C)CCCC(=O)O)c1cc2c(cc1O3)N(CCSOOO)CCC2. The van der Waals surface area contributed by atoms with Gasteiger partial charge in [-0.2, -0.15) is 0 Å². The standard InChI is InChI=1S/C37H43N3O7S/c1-3-4-16-39-17-7-10-25-21-29-33(23-31(25)39)45-34-24-32-26(11-8-18-40(32)19-20-48-47-46-44)22-30(34)36(29)27-12-5-6-13-28(27)37(43)38(2)15-9-14-35(41)42/h5-6,12-13,21-24H,3-4,7-11,14-20H2,1-2H3,(H-,41,42,44)/p+1. The second-order valence-corrected chi connectivity index (χ2v) is 13.5. The molecule has 0 radical (unpaired) electrons. The van der Waals surface area contributed by atoms with Crippen molar-refractivity contribution in [2.75, 3.05) is 50.4 Å². The van der Waals surface area contributed by atoms with E-state index in [-0.39, 0.29) is 12.3 Å². The quantitative estimate of drug-likeness (QED) is 0.0625. The molecule has 11 heteroatoms. The zero-order valence-corrected chi connectivity index (χ0v) is 28.5. The van der Waals surface area contributed by atoms with Gasteiger partial charge in [0.05, 0.1) is 6.07 Å². The number of rotatable bonds is 14. The van der Waals surface area contributed by atoms with Gasteiger partial charge in [-0.05, 0) is 55.0 Å².